The number of fused-ring (bicyclic) bond motifs is 2. The quantitative estimate of drug-likeness (QED) is 0.894. The molecule has 2 bridgehead atoms. The maximum atomic E-state index is 11.9. The van der Waals surface area contributed by atoms with E-state index in [9.17, 15) is 4.79 Å². The lowest BCUT2D eigenvalue weighted by molar-refractivity contribution is -0.121. The molecule has 3 fully saturated rings. The highest BCUT2D eigenvalue weighted by atomic mass is 16.1. The summed E-state index contributed by atoms with van der Waals surface area (Å²) in [6.45, 7) is 7.11. The third-order valence-electron chi connectivity index (χ3n) is 6.23. The fourth-order valence-corrected chi connectivity index (χ4v) is 5.06. The number of carbonyl (C=O) groups is 1. The van der Waals surface area contributed by atoms with Gasteiger partial charge in [-0.25, -0.2) is 9.97 Å². The summed E-state index contributed by atoms with van der Waals surface area (Å²) in [4.78, 5) is 26.3. The Morgan fingerprint density at radius 2 is 1.88 bits per heavy atom. The van der Waals surface area contributed by atoms with Crippen LogP contribution in [0, 0.1) is 6.92 Å². The number of anilines is 1. The van der Waals surface area contributed by atoms with Crippen LogP contribution in [0.1, 0.15) is 57.0 Å². The number of hydrogen-bond acceptors (Lipinski definition) is 5. The van der Waals surface area contributed by atoms with Crippen molar-refractivity contribution in [1.29, 1.82) is 0 Å². The average molecular weight is 358 g/mol. The highest BCUT2D eigenvalue weighted by Crippen LogP contribution is 2.34. The van der Waals surface area contributed by atoms with E-state index in [0.29, 0.717) is 24.5 Å². The van der Waals surface area contributed by atoms with E-state index in [4.69, 9.17) is 4.98 Å². The van der Waals surface area contributed by atoms with Gasteiger partial charge in [0.1, 0.15) is 11.6 Å². The Morgan fingerprint density at radius 1 is 1.12 bits per heavy atom. The lowest BCUT2D eigenvalue weighted by atomic mass is 10.0. The Bertz CT molecular complexity index is 656. The molecule has 0 unspecified atom stereocenters. The first-order valence-corrected chi connectivity index (χ1v) is 10.3. The predicted molar refractivity (Wildman–Crippen MR) is 102 cm³/mol. The molecule has 1 N–H and O–H groups in total. The molecule has 0 aliphatic carbocycles. The van der Waals surface area contributed by atoms with Crippen molar-refractivity contribution in [2.75, 3.05) is 24.5 Å². The van der Waals surface area contributed by atoms with Crippen LogP contribution >= 0.6 is 0 Å². The number of hydrogen-bond donors (Lipinski definition) is 1. The molecule has 1 aromatic rings. The van der Waals surface area contributed by atoms with E-state index in [2.05, 4.69) is 33.1 Å². The van der Waals surface area contributed by atoms with Gasteiger partial charge in [0.05, 0.1) is 0 Å². The van der Waals surface area contributed by atoms with Gasteiger partial charge in [0.15, 0.2) is 0 Å². The number of carbonyl (C=O) groups excluding carboxylic acids is 1. The molecule has 3 aliphatic heterocycles. The van der Waals surface area contributed by atoms with Crippen molar-refractivity contribution < 1.29 is 4.79 Å². The molecule has 1 amide bonds. The molecular formula is C20H31N5O. The average Bonchev–Trinajstić information content (AvgIpc) is 2.93. The third-order valence-corrected chi connectivity index (χ3v) is 6.23. The first kappa shape index (κ1) is 17.7. The van der Waals surface area contributed by atoms with E-state index in [1.54, 1.807) is 0 Å². The molecule has 0 radical (unpaired) electrons. The zero-order valence-electron chi connectivity index (χ0n) is 16.1. The van der Waals surface area contributed by atoms with Crippen LogP contribution in [-0.4, -0.2) is 58.5 Å². The Labute approximate surface area is 156 Å². The summed E-state index contributed by atoms with van der Waals surface area (Å²) >= 11 is 0. The Hall–Kier alpha value is -1.69. The van der Waals surface area contributed by atoms with Gasteiger partial charge >= 0.3 is 0 Å². The van der Waals surface area contributed by atoms with Crippen molar-refractivity contribution in [3.63, 3.8) is 0 Å². The number of amides is 1. The van der Waals surface area contributed by atoms with E-state index in [-0.39, 0.29) is 5.91 Å². The van der Waals surface area contributed by atoms with Crippen LogP contribution in [-0.2, 0) is 11.2 Å². The Kier molecular flexibility index (Phi) is 5.11. The fourth-order valence-electron chi connectivity index (χ4n) is 5.06. The van der Waals surface area contributed by atoms with Gasteiger partial charge in [0.2, 0.25) is 5.91 Å². The van der Waals surface area contributed by atoms with Crippen molar-refractivity contribution in [2.45, 2.75) is 76.9 Å². The van der Waals surface area contributed by atoms with E-state index in [1.165, 1.54) is 12.8 Å². The maximum Gasteiger partial charge on any atom is 0.221 e. The van der Waals surface area contributed by atoms with Crippen LogP contribution in [0.5, 0.6) is 0 Å². The van der Waals surface area contributed by atoms with Gasteiger partial charge in [-0.2, -0.15) is 0 Å². The molecule has 6 heteroatoms. The molecule has 6 nitrogen and oxygen atoms in total. The minimum absolute atomic E-state index is 0.236. The summed E-state index contributed by atoms with van der Waals surface area (Å²) < 4.78 is 0. The summed E-state index contributed by atoms with van der Waals surface area (Å²) in [5.41, 5.74) is 1.16. The standard InChI is InChI=1S/C20H31N5O/c1-3-4-15-11-19(23-14(2)22-15)24-9-7-16(8-10-24)25-17-5-6-18(25)13-21-20(26)12-17/h11,16-18H,3-10,12-13H2,1-2H3,(H,21,26)/t17-,18+/m1/s1. The Balaban J connectivity index is 1.42. The summed E-state index contributed by atoms with van der Waals surface area (Å²) in [6.07, 6.45) is 7.55. The normalized spacial score (nSPS) is 27.5. The summed E-state index contributed by atoms with van der Waals surface area (Å²) in [7, 11) is 0. The molecule has 1 aromatic heterocycles. The minimum Gasteiger partial charge on any atom is -0.356 e. The molecule has 4 heterocycles. The monoisotopic (exact) mass is 357 g/mol. The molecule has 3 saturated heterocycles. The molecule has 26 heavy (non-hydrogen) atoms. The van der Waals surface area contributed by atoms with Gasteiger partial charge in [-0.15, -0.1) is 0 Å². The topological polar surface area (TPSA) is 61.4 Å². The summed E-state index contributed by atoms with van der Waals surface area (Å²) in [5, 5.41) is 3.10. The Morgan fingerprint density at radius 3 is 2.65 bits per heavy atom. The van der Waals surface area contributed by atoms with Gasteiger partial charge in [0, 0.05) is 55.9 Å². The second-order valence-corrected chi connectivity index (χ2v) is 8.07. The molecular weight excluding hydrogens is 326 g/mol. The van der Waals surface area contributed by atoms with Crippen molar-refractivity contribution >= 4 is 11.7 Å². The maximum absolute atomic E-state index is 11.9. The van der Waals surface area contributed by atoms with E-state index >= 15 is 0 Å². The molecule has 3 aliphatic rings. The lowest BCUT2D eigenvalue weighted by Gasteiger charge is -2.41. The zero-order valence-corrected chi connectivity index (χ0v) is 16.1. The largest absolute Gasteiger partial charge is 0.356 e. The third kappa shape index (κ3) is 3.56. The van der Waals surface area contributed by atoms with E-state index in [0.717, 1.165) is 62.7 Å². The van der Waals surface area contributed by atoms with Crippen molar-refractivity contribution in [1.82, 2.24) is 20.2 Å². The molecule has 0 aromatic carbocycles. The van der Waals surface area contributed by atoms with Gasteiger partial charge in [-0.1, -0.05) is 13.3 Å². The highest BCUT2D eigenvalue weighted by Gasteiger charge is 2.41. The first-order chi connectivity index (χ1) is 12.6. The number of nitrogens with zero attached hydrogens (tertiary/aromatic N) is 4. The van der Waals surface area contributed by atoms with Crippen molar-refractivity contribution in [3.05, 3.63) is 17.6 Å². The van der Waals surface area contributed by atoms with Crippen molar-refractivity contribution in [3.8, 4) is 0 Å². The highest BCUT2D eigenvalue weighted by molar-refractivity contribution is 5.77. The van der Waals surface area contributed by atoms with Crippen LogP contribution in [0.2, 0.25) is 0 Å². The number of aryl methyl sites for hydroxylation is 2. The summed E-state index contributed by atoms with van der Waals surface area (Å²) in [5.74, 6) is 2.21. The molecule has 0 saturated carbocycles. The molecule has 2 atom stereocenters. The molecule has 142 valence electrons. The number of piperidine rings is 1. The van der Waals surface area contributed by atoms with Crippen LogP contribution in [0.3, 0.4) is 0 Å². The van der Waals surface area contributed by atoms with Gasteiger partial charge in [0.25, 0.3) is 0 Å². The van der Waals surface area contributed by atoms with Crippen LogP contribution in [0.4, 0.5) is 5.82 Å². The van der Waals surface area contributed by atoms with Crippen LogP contribution in [0.25, 0.3) is 0 Å². The molecule has 0 spiro atoms. The predicted octanol–water partition coefficient (Wildman–Crippen LogP) is 2.06. The number of rotatable bonds is 4. The number of aromatic nitrogens is 2. The lowest BCUT2D eigenvalue weighted by Crippen LogP contribution is -2.50. The van der Waals surface area contributed by atoms with Crippen LogP contribution < -0.4 is 10.2 Å². The fraction of sp³-hybridized carbons (Fsp3) is 0.750. The van der Waals surface area contributed by atoms with Crippen molar-refractivity contribution in [2.24, 2.45) is 0 Å². The second kappa shape index (κ2) is 7.51. The smallest absolute Gasteiger partial charge is 0.221 e. The van der Waals surface area contributed by atoms with E-state index in [1.807, 2.05) is 6.92 Å². The SMILES string of the molecule is CCCc1cc(N2CCC(N3[C@@H]4CC[C@H]3CNC(=O)C4)CC2)nc(C)n1. The minimum atomic E-state index is 0.236. The number of nitrogens with one attached hydrogen (secondary N) is 1. The zero-order chi connectivity index (χ0) is 18.1. The van der Waals surface area contributed by atoms with Crippen LogP contribution in [0.15, 0.2) is 6.07 Å². The molecule has 4 rings (SSSR count). The van der Waals surface area contributed by atoms with Gasteiger partial charge in [-0.05, 0) is 39.0 Å². The van der Waals surface area contributed by atoms with Gasteiger partial charge < -0.3 is 10.2 Å². The van der Waals surface area contributed by atoms with E-state index < -0.39 is 0 Å². The second-order valence-electron chi connectivity index (χ2n) is 8.07. The first-order valence-electron chi connectivity index (χ1n) is 10.3. The summed E-state index contributed by atoms with van der Waals surface area (Å²) in [6, 6.07) is 3.78. The van der Waals surface area contributed by atoms with Gasteiger partial charge in [-0.3, -0.25) is 9.69 Å².